The first-order valence-electron chi connectivity index (χ1n) is 8.06. The molecule has 1 aliphatic carbocycles. The van der Waals surface area contributed by atoms with E-state index in [4.69, 9.17) is 5.73 Å². The Hall–Kier alpha value is -1.88. The highest BCUT2D eigenvalue weighted by atomic mass is 16.2. The second-order valence-corrected chi connectivity index (χ2v) is 6.25. The Bertz CT molecular complexity index is 544. The summed E-state index contributed by atoms with van der Waals surface area (Å²) in [5, 5.41) is 3.07. The first-order valence-corrected chi connectivity index (χ1v) is 8.06. The molecule has 0 aromatic heterocycles. The highest BCUT2D eigenvalue weighted by molar-refractivity contribution is 5.94. The lowest BCUT2D eigenvalue weighted by Gasteiger charge is -2.32. The van der Waals surface area contributed by atoms with E-state index in [0.717, 1.165) is 44.3 Å². The van der Waals surface area contributed by atoms with Crippen LogP contribution in [-0.4, -0.2) is 35.8 Å². The fourth-order valence-corrected chi connectivity index (χ4v) is 2.89. The minimum Gasteiger partial charge on any atom is -0.349 e. The zero-order valence-corrected chi connectivity index (χ0v) is 12.8. The molecule has 1 aromatic rings. The van der Waals surface area contributed by atoms with Crippen molar-refractivity contribution in [2.75, 3.05) is 13.1 Å². The summed E-state index contributed by atoms with van der Waals surface area (Å²) in [6.45, 7) is 1.99. The van der Waals surface area contributed by atoms with Crippen molar-refractivity contribution in [2.24, 2.45) is 11.7 Å². The molecule has 3 N–H and O–H groups in total. The lowest BCUT2D eigenvalue weighted by Crippen LogP contribution is -2.47. The van der Waals surface area contributed by atoms with Gasteiger partial charge in [0.2, 0.25) is 5.91 Å². The lowest BCUT2D eigenvalue weighted by molar-refractivity contribution is -0.133. The average molecular weight is 301 g/mol. The molecule has 0 unspecified atom stereocenters. The van der Waals surface area contributed by atoms with Crippen LogP contribution in [0.25, 0.3) is 0 Å². The standard InChI is InChI=1S/C17H23N3O2/c18-11-12-1-3-13(4-2-12)16(21)19-15-7-9-20(10-8-15)17(22)14-5-6-14/h1-4,14-15H,5-11,18H2,(H,19,21). The molecule has 0 bridgehead atoms. The minimum absolute atomic E-state index is 0.0458. The van der Waals surface area contributed by atoms with Gasteiger partial charge in [-0.15, -0.1) is 0 Å². The van der Waals surface area contributed by atoms with Gasteiger partial charge in [-0.05, 0) is 43.4 Å². The fraction of sp³-hybridized carbons (Fsp3) is 0.529. The van der Waals surface area contributed by atoms with Gasteiger partial charge in [0.15, 0.2) is 0 Å². The summed E-state index contributed by atoms with van der Waals surface area (Å²) < 4.78 is 0. The molecule has 118 valence electrons. The second kappa shape index (κ2) is 6.48. The lowest BCUT2D eigenvalue weighted by atomic mass is 10.0. The Morgan fingerprint density at radius 3 is 2.27 bits per heavy atom. The number of hydrogen-bond donors (Lipinski definition) is 2. The van der Waals surface area contributed by atoms with Gasteiger partial charge in [-0.2, -0.15) is 0 Å². The number of nitrogens with two attached hydrogens (primary N) is 1. The Kier molecular flexibility index (Phi) is 4.43. The van der Waals surface area contributed by atoms with Gasteiger partial charge in [-0.1, -0.05) is 12.1 Å². The zero-order chi connectivity index (χ0) is 15.5. The molecule has 2 aliphatic rings. The summed E-state index contributed by atoms with van der Waals surface area (Å²) in [6, 6.07) is 7.54. The Morgan fingerprint density at radius 1 is 1.09 bits per heavy atom. The number of likely N-dealkylation sites (tertiary alicyclic amines) is 1. The molecule has 5 heteroatoms. The van der Waals surface area contributed by atoms with Crippen LogP contribution in [0, 0.1) is 5.92 Å². The summed E-state index contributed by atoms with van der Waals surface area (Å²) >= 11 is 0. The Morgan fingerprint density at radius 2 is 1.73 bits per heavy atom. The number of nitrogens with one attached hydrogen (secondary N) is 1. The third-order valence-corrected chi connectivity index (χ3v) is 4.52. The van der Waals surface area contributed by atoms with Gasteiger partial charge in [-0.25, -0.2) is 0 Å². The van der Waals surface area contributed by atoms with Crippen LogP contribution < -0.4 is 11.1 Å². The van der Waals surface area contributed by atoms with Gasteiger partial charge in [0.05, 0.1) is 0 Å². The van der Waals surface area contributed by atoms with E-state index in [0.29, 0.717) is 18.0 Å². The third-order valence-electron chi connectivity index (χ3n) is 4.52. The maximum absolute atomic E-state index is 12.2. The van der Waals surface area contributed by atoms with Crippen LogP contribution >= 0.6 is 0 Å². The molecular weight excluding hydrogens is 278 g/mol. The largest absolute Gasteiger partial charge is 0.349 e. The van der Waals surface area contributed by atoms with E-state index in [2.05, 4.69) is 5.32 Å². The molecule has 1 aliphatic heterocycles. The van der Waals surface area contributed by atoms with Crippen LogP contribution in [0.4, 0.5) is 0 Å². The van der Waals surface area contributed by atoms with E-state index in [9.17, 15) is 9.59 Å². The predicted molar refractivity (Wildman–Crippen MR) is 84.1 cm³/mol. The minimum atomic E-state index is -0.0458. The predicted octanol–water partition coefficient (Wildman–Crippen LogP) is 1.28. The SMILES string of the molecule is NCc1ccc(C(=O)NC2CCN(C(=O)C3CC3)CC2)cc1. The summed E-state index contributed by atoms with van der Waals surface area (Å²) in [5.41, 5.74) is 7.23. The number of rotatable bonds is 4. The van der Waals surface area contributed by atoms with Crippen LogP contribution in [0.15, 0.2) is 24.3 Å². The number of benzene rings is 1. The Balaban J connectivity index is 1.49. The van der Waals surface area contributed by atoms with Gasteiger partial charge in [0.25, 0.3) is 5.91 Å². The topological polar surface area (TPSA) is 75.4 Å². The van der Waals surface area contributed by atoms with Crippen LogP contribution in [0.3, 0.4) is 0 Å². The van der Waals surface area contributed by atoms with Crippen LogP contribution in [0.1, 0.15) is 41.6 Å². The van der Waals surface area contributed by atoms with Crippen molar-refractivity contribution in [3.63, 3.8) is 0 Å². The molecule has 0 atom stereocenters. The molecule has 22 heavy (non-hydrogen) atoms. The van der Waals surface area contributed by atoms with Gasteiger partial charge in [0, 0.05) is 37.2 Å². The highest BCUT2D eigenvalue weighted by Crippen LogP contribution is 2.31. The van der Waals surface area contributed by atoms with Crippen molar-refractivity contribution in [3.8, 4) is 0 Å². The van der Waals surface area contributed by atoms with Crippen molar-refractivity contribution in [2.45, 2.75) is 38.3 Å². The normalized spacial score (nSPS) is 19.0. The molecule has 1 saturated carbocycles. The van der Waals surface area contributed by atoms with Crippen molar-refractivity contribution in [1.82, 2.24) is 10.2 Å². The summed E-state index contributed by atoms with van der Waals surface area (Å²) in [7, 11) is 0. The van der Waals surface area contributed by atoms with E-state index in [-0.39, 0.29) is 17.9 Å². The fourth-order valence-electron chi connectivity index (χ4n) is 2.89. The van der Waals surface area contributed by atoms with Crippen molar-refractivity contribution in [3.05, 3.63) is 35.4 Å². The molecule has 0 radical (unpaired) electrons. The zero-order valence-electron chi connectivity index (χ0n) is 12.8. The molecule has 0 spiro atoms. The maximum Gasteiger partial charge on any atom is 0.251 e. The van der Waals surface area contributed by atoms with Gasteiger partial charge >= 0.3 is 0 Å². The Labute approximate surface area is 130 Å². The first-order chi connectivity index (χ1) is 10.7. The van der Waals surface area contributed by atoms with E-state index in [1.807, 2.05) is 29.2 Å². The molecule has 5 nitrogen and oxygen atoms in total. The van der Waals surface area contributed by atoms with E-state index < -0.39 is 0 Å². The highest BCUT2D eigenvalue weighted by Gasteiger charge is 2.35. The molecule has 1 heterocycles. The first kappa shape index (κ1) is 15.0. The summed E-state index contributed by atoms with van der Waals surface area (Å²) in [6.07, 6.45) is 3.78. The number of hydrogen-bond acceptors (Lipinski definition) is 3. The van der Waals surface area contributed by atoms with Crippen LogP contribution in [0.2, 0.25) is 0 Å². The molecule has 2 amide bonds. The van der Waals surface area contributed by atoms with Gasteiger partial charge in [-0.3, -0.25) is 9.59 Å². The second-order valence-electron chi connectivity index (χ2n) is 6.25. The number of nitrogens with zero attached hydrogens (tertiary/aromatic N) is 1. The maximum atomic E-state index is 12.2. The van der Waals surface area contributed by atoms with Crippen LogP contribution in [-0.2, 0) is 11.3 Å². The van der Waals surface area contributed by atoms with Crippen LogP contribution in [0.5, 0.6) is 0 Å². The molecule has 1 saturated heterocycles. The number of carbonyl (C=O) groups is 2. The number of amides is 2. The monoisotopic (exact) mass is 301 g/mol. The van der Waals surface area contributed by atoms with E-state index in [1.54, 1.807) is 0 Å². The van der Waals surface area contributed by atoms with E-state index in [1.165, 1.54) is 0 Å². The molecule has 1 aromatic carbocycles. The summed E-state index contributed by atoms with van der Waals surface area (Å²) in [5.74, 6) is 0.546. The molecule has 2 fully saturated rings. The van der Waals surface area contributed by atoms with Crippen molar-refractivity contribution >= 4 is 11.8 Å². The third kappa shape index (κ3) is 3.47. The number of carbonyl (C=O) groups excluding carboxylic acids is 2. The molecule has 3 rings (SSSR count). The summed E-state index contributed by atoms with van der Waals surface area (Å²) in [4.78, 5) is 26.2. The smallest absolute Gasteiger partial charge is 0.251 e. The average Bonchev–Trinajstić information content (AvgIpc) is 3.40. The molecular formula is C17H23N3O2. The van der Waals surface area contributed by atoms with Crippen molar-refractivity contribution < 1.29 is 9.59 Å². The quantitative estimate of drug-likeness (QED) is 0.879. The number of piperidine rings is 1. The van der Waals surface area contributed by atoms with Gasteiger partial charge in [0.1, 0.15) is 0 Å². The van der Waals surface area contributed by atoms with Gasteiger partial charge < -0.3 is 16.0 Å². The van der Waals surface area contributed by atoms with E-state index >= 15 is 0 Å². The van der Waals surface area contributed by atoms with Crippen molar-refractivity contribution in [1.29, 1.82) is 0 Å².